The highest BCUT2D eigenvalue weighted by Gasteiger charge is 2.23. The van der Waals surface area contributed by atoms with Gasteiger partial charge in [-0.1, -0.05) is 17.7 Å². The van der Waals surface area contributed by atoms with Gasteiger partial charge in [0.2, 0.25) is 0 Å². The summed E-state index contributed by atoms with van der Waals surface area (Å²) >= 11 is 7.29. The Morgan fingerprint density at radius 1 is 1.25 bits per heavy atom. The zero-order chi connectivity index (χ0) is 17.5. The van der Waals surface area contributed by atoms with Crippen molar-refractivity contribution < 1.29 is 19.1 Å². The van der Waals surface area contributed by atoms with Crippen LogP contribution in [0, 0.1) is 0 Å². The van der Waals surface area contributed by atoms with Gasteiger partial charge < -0.3 is 14.8 Å². The molecule has 0 radical (unpaired) electrons. The number of methoxy groups -OCH3 is 1. The predicted octanol–water partition coefficient (Wildman–Crippen LogP) is 3.59. The molecular weight excluding hydrogens is 350 g/mol. The van der Waals surface area contributed by atoms with E-state index in [-0.39, 0.29) is 18.3 Å². The standard InChI is InChI=1S/C17H18ClNO4S/c1-11(23-13-7-5-12(18)6-8-13)17(21)19-14(10-16(20)22-2)15-4-3-9-24-15/h3-9,11,14H,10H2,1-2H3,(H,19,21). The minimum Gasteiger partial charge on any atom is -0.481 e. The molecule has 0 spiro atoms. The van der Waals surface area contributed by atoms with E-state index in [4.69, 9.17) is 21.1 Å². The van der Waals surface area contributed by atoms with Crippen molar-refractivity contribution in [1.82, 2.24) is 5.32 Å². The van der Waals surface area contributed by atoms with Gasteiger partial charge in [-0.2, -0.15) is 0 Å². The molecule has 1 aromatic carbocycles. The smallest absolute Gasteiger partial charge is 0.307 e. The Morgan fingerprint density at radius 3 is 2.54 bits per heavy atom. The summed E-state index contributed by atoms with van der Waals surface area (Å²) in [6.07, 6.45) is -0.651. The Bertz CT molecular complexity index is 672. The van der Waals surface area contributed by atoms with Crippen molar-refractivity contribution in [1.29, 1.82) is 0 Å². The number of rotatable bonds is 7. The van der Waals surface area contributed by atoms with Gasteiger partial charge in [-0.15, -0.1) is 11.3 Å². The van der Waals surface area contributed by atoms with Crippen LogP contribution in [0.1, 0.15) is 24.3 Å². The maximum atomic E-state index is 12.4. The van der Waals surface area contributed by atoms with Gasteiger partial charge in [-0.25, -0.2) is 0 Å². The number of thiophene rings is 1. The van der Waals surface area contributed by atoms with E-state index in [0.29, 0.717) is 10.8 Å². The zero-order valence-corrected chi connectivity index (χ0v) is 14.9. The number of ether oxygens (including phenoxy) is 2. The number of hydrogen-bond donors (Lipinski definition) is 1. The van der Waals surface area contributed by atoms with Crippen molar-refractivity contribution >= 4 is 34.8 Å². The highest BCUT2D eigenvalue weighted by atomic mass is 35.5. The Balaban J connectivity index is 2.00. The largest absolute Gasteiger partial charge is 0.481 e. The van der Waals surface area contributed by atoms with Gasteiger partial charge in [0.1, 0.15) is 5.75 Å². The molecule has 1 heterocycles. The van der Waals surface area contributed by atoms with Gasteiger partial charge in [0.15, 0.2) is 6.10 Å². The number of esters is 1. The summed E-state index contributed by atoms with van der Waals surface area (Å²) in [6.45, 7) is 1.65. The Labute approximate surface area is 149 Å². The van der Waals surface area contributed by atoms with Gasteiger partial charge in [0.05, 0.1) is 19.6 Å². The predicted molar refractivity (Wildman–Crippen MR) is 93.4 cm³/mol. The third kappa shape index (κ3) is 5.25. The van der Waals surface area contributed by atoms with Crippen LogP contribution in [-0.4, -0.2) is 25.1 Å². The summed E-state index contributed by atoms with van der Waals surface area (Å²) in [7, 11) is 1.32. The molecule has 24 heavy (non-hydrogen) atoms. The van der Waals surface area contributed by atoms with E-state index in [1.54, 1.807) is 31.2 Å². The van der Waals surface area contributed by atoms with E-state index in [1.807, 2.05) is 17.5 Å². The first-order valence-corrected chi connectivity index (χ1v) is 8.58. The first kappa shape index (κ1) is 18.3. The molecule has 0 aliphatic rings. The molecule has 2 atom stereocenters. The first-order chi connectivity index (χ1) is 11.5. The summed E-state index contributed by atoms with van der Waals surface area (Å²) in [5.74, 6) is -0.157. The molecule has 128 valence electrons. The van der Waals surface area contributed by atoms with Gasteiger partial charge in [-0.3, -0.25) is 9.59 Å². The molecule has 1 amide bonds. The molecule has 0 aliphatic carbocycles. The molecule has 2 rings (SSSR count). The SMILES string of the molecule is COC(=O)CC(NC(=O)C(C)Oc1ccc(Cl)cc1)c1cccs1. The number of amides is 1. The molecule has 5 nitrogen and oxygen atoms in total. The topological polar surface area (TPSA) is 64.6 Å². The Hall–Kier alpha value is -2.05. The van der Waals surface area contributed by atoms with Gasteiger partial charge in [0.25, 0.3) is 5.91 Å². The van der Waals surface area contributed by atoms with Gasteiger partial charge in [-0.05, 0) is 42.6 Å². The van der Waals surface area contributed by atoms with Crippen LogP contribution in [0.4, 0.5) is 0 Å². The van der Waals surface area contributed by atoms with Crippen LogP contribution in [0.25, 0.3) is 0 Å². The number of carbonyl (C=O) groups excluding carboxylic acids is 2. The first-order valence-electron chi connectivity index (χ1n) is 7.32. The zero-order valence-electron chi connectivity index (χ0n) is 13.3. The number of benzene rings is 1. The van der Waals surface area contributed by atoms with Crippen LogP contribution < -0.4 is 10.1 Å². The van der Waals surface area contributed by atoms with Crippen molar-refractivity contribution in [3.63, 3.8) is 0 Å². The average Bonchev–Trinajstić information content (AvgIpc) is 3.10. The summed E-state index contributed by atoms with van der Waals surface area (Å²) in [4.78, 5) is 24.8. The number of carbonyl (C=O) groups is 2. The summed E-state index contributed by atoms with van der Waals surface area (Å²) in [5.41, 5.74) is 0. The van der Waals surface area contributed by atoms with Crippen LogP contribution in [0.15, 0.2) is 41.8 Å². The van der Waals surface area contributed by atoms with Crippen LogP contribution in [-0.2, 0) is 14.3 Å². The van der Waals surface area contributed by atoms with Crippen molar-refractivity contribution in [3.05, 3.63) is 51.7 Å². The molecule has 1 N–H and O–H groups in total. The van der Waals surface area contributed by atoms with Crippen LogP contribution in [0.2, 0.25) is 5.02 Å². The molecule has 0 saturated heterocycles. The van der Waals surface area contributed by atoms with E-state index in [0.717, 1.165) is 4.88 Å². The maximum absolute atomic E-state index is 12.4. The van der Waals surface area contributed by atoms with Crippen molar-refractivity contribution in [2.75, 3.05) is 7.11 Å². The monoisotopic (exact) mass is 367 g/mol. The molecule has 0 aliphatic heterocycles. The van der Waals surface area contributed by atoms with Crippen molar-refractivity contribution in [3.8, 4) is 5.75 Å². The third-order valence-electron chi connectivity index (χ3n) is 3.30. The van der Waals surface area contributed by atoms with E-state index in [9.17, 15) is 9.59 Å². The van der Waals surface area contributed by atoms with Crippen molar-refractivity contribution in [2.45, 2.75) is 25.5 Å². The number of hydrogen-bond acceptors (Lipinski definition) is 5. The molecule has 1 aromatic heterocycles. The highest BCUT2D eigenvalue weighted by molar-refractivity contribution is 7.10. The lowest BCUT2D eigenvalue weighted by molar-refractivity contribution is -0.141. The minimum atomic E-state index is -0.716. The number of halogens is 1. The van der Waals surface area contributed by atoms with E-state index < -0.39 is 12.1 Å². The van der Waals surface area contributed by atoms with E-state index in [2.05, 4.69) is 5.32 Å². The second kappa shape index (κ2) is 8.70. The van der Waals surface area contributed by atoms with Crippen LogP contribution in [0.5, 0.6) is 5.75 Å². The molecule has 2 aromatic rings. The molecule has 2 unspecified atom stereocenters. The molecule has 0 bridgehead atoms. The maximum Gasteiger partial charge on any atom is 0.307 e. The van der Waals surface area contributed by atoms with Gasteiger partial charge in [0, 0.05) is 9.90 Å². The lowest BCUT2D eigenvalue weighted by Crippen LogP contribution is -2.39. The summed E-state index contributed by atoms with van der Waals surface area (Å²) in [5, 5.41) is 5.32. The molecule has 7 heteroatoms. The summed E-state index contributed by atoms with van der Waals surface area (Å²) < 4.78 is 10.3. The summed E-state index contributed by atoms with van der Waals surface area (Å²) in [6, 6.07) is 10.0. The fourth-order valence-electron chi connectivity index (χ4n) is 2.02. The minimum absolute atomic E-state index is 0.0659. The second-order valence-electron chi connectivity index (χ2n) is 5.07. The lowest BCUT2D eigenvalue weighted by atomic mass is 10.1. The lowest BCUT2D eigenvalue weighted by Gasteiger charge is -2.20. The van der Waals surface area contributed by atoms with Gasteiger partial charge >= 0.3 is 5.97 Å². The fraction of sp³-hybridized carbons (Fsp3) is 0.294. The van der Waals surface area contributed by atoms with E-state index in [1.165, 1.54) is 18.4 Å². The fourth-order valence-corrected chi connectivity index (χ4v) is 2.93. The second-order valence-corrected chi connectivity index (χ2v) is 6.49. The van der Waals surface area contributed by atoms with Crippen LogP contribution in [0.3, 0.4) is 0 Å². The normalized spacial score (nSPS) is 13.0. The average molecular weight is 368 g/mol. The Kier molecular flexibility index (Phi) is 6.63. The molecular formula is C17H18ClNO4S. The van der Waals surface area contributed by atoms with Crippen LogP contribution >= 0.6 is 22.9 Å². The third-order valence-corrected chi connectivity index (χ3v) is 4.54. The highest BCUT2D eigenvalue weighted by Crippen LogP contribution is 2.23. The van der Waals surface area contributed by atoms with E-state index >= 15 is 0 Å². The Morgan fingerprint density at radius 2 is 1.96 bits per heavy atom. The molecule has 0 fully saturated rings. The quantitative estimate of drug-likeness (QED) is 0.759. The number of nitrogens with one attached hydrogen (secondary N) is 1. The van der Waals surface area contributed by atoms with Crippen molar-refractivity contribution in [2.24, 2.45) is 0 Å². The molecule has 0 saturated carbocycles.